The van der Waals surface area contributed by atoms with E-state index in [1.165, 1.54) is 0 Å². The van der Waals surface area contributed by atoms with Gasteiger partial charge < -0.3 is 31.0 Å². The van der Waals surface area contributed by atoms with E-state index < -0.39 is 27.8 Å². The third kappa shape index (κ3) is 32.3. The van der Waals surface area contributed by atoms with Gasteiger partial charge in [-0.1, -0.05) is 0 Å². The first kappa shape index (κ1) is 19.3. The van der Waals surface area contributed by atoms with Crippen LogP contribution in [0.25, 0.3) is 0 Å². The van der Waals surface area contributed by atoms with Crippen molar-refractivity contribution in [2.75, 3.05) is 12.6 Å². The number of hydrogen-bond donors (Lipinski definition) is 6. The monoisotopic (exact) mass is 278 g/mol. The molecule has 0 aromatic rings. The smallest absolute Gasteiger partial charge is 0.324 e. The van der Waals surface area contributed by atoms with Crippen molar-refractivity contribution in [3.8, 4) is 0 Å². The van der Waals surface area contributed by atoms with E-state index in [-0.39, 0.29) is 17.1 Å². The van der Waals surface area contributed by atoms with Crippen molar-refractivity contribution in [2.24, 2.45) is 11.5 Å². The third-order valence-electron chi connectivity index (χ3n) is 0.476. The molecule has 13 heavy (non-hydrogen) atoms. The largest absolute Gasteiger partial charge is 0.338 e. The van der Waals surface area contributed by atoms with Gasteiger partial charge in [0.1, 0.15) is 0 Å². The number of nitrogens with two attached hydrogens (primary N) is 2. The summed E-state index contributed by atoms with van der Waals surface area (Å²) in [6, 6.07) is 0. The van der Waals surface area contributed by atoms with Crippen molar-refractivity contribution in [2.45, 2.75) is 0 Å². The molecule has 11 heteroatoms. The van der Waals surface area contributed by atoms with Gasteiger partial charge in [0.25, 0.3) is 0 Å². The summed E-state index contributed by atoms with van der Waals surface area (Å²) in [5, 5.41) is 0. The Morgan fingerprint density at radius 3 is 0.923 bits per heavy atom. The van der Waals surface area contributed by atoms with Crippen LogP contribution in [0.3, 0.4) is 0 Å². The minimum absolute atomic E-state index is 0. The summed E-state index contributed by atoms with van der Waals surface area (Å²) in [5.41, 5.74) is 9.08. The van der Waals surface area contributed by atoms with Gasteiger partial charge in [-0.05, 0) is 0 Å². The summed E-state index contributed by atoms with van der Waals surface area (Å²) in [4.78, 5) is 31.2. The molecule has 0 fully saturated rings. The number of rotatable bonds is 2. The fourth-order valence-electron chi connectivity index (χ4n) is 0. The summed E-state index contributed by atoms with van der Waals surface area (Å²) in [5.74, 6) is 0. The second-order valence-corrected chi connectivity index (χ2v) is 5.08. The Morgan fingerprint density at radius 1 is 0.846 bits per heavy atom. The molecule has 0 aliphatic carbocycles. The molecule has 0 amide bonds. The molecule has 0 aromatic heterocycles. The van der Waals surface area contributed by atoms with E-state index in [1.54, 1.807) is 0 Å². The molecular weight excluding hydrogens is 266 g/mol. The Kier molecular flexibility index (Phi) is 12.0. The maximum atomic E-state index is 9.57. The van der Waals surface area contributed by atoms with Crippen molar-refractivity contribution >= 4 is 15.2 Å². The van der Waals surface area contributed by atoms with Gasteiger partial charge >= 0.3 is 15.2 Å². The topological polar surface area (TPSA) is 167 Å². The van der Waals surface area contributed by atoms with Crippen LogP contribution in [0.4, 0.5) is 0 Å². The molecule has 0 unspecified atom stereocenters. The molecule has 0 aliphatic heterocycles. The summed E-state index contributed by atoms with van der Waals surface area (Å²) in [7, 11) is -7.74. The molecule has 0 atom stereocenters. The minimum atomic E-state index is -3.87. The predicted molar refractivity (Wildman–Crippen MR) is 42.2 cm³/mol. The van der Waals surface area contributed by atoms with Crippen LogP contribution in [0.2, 0.25) is 0 Å². The van der Waals surface area contributed by atoms with Crippen LogP contribution in [0, 0.1) is 0 Å². The Hall–Kier alpha value is 0.739. The van der Waals surface area contributed by atoms with Crippen molar-refractivity contribution < 1.29 is 45.8 Å². The molecule has 0 rings (SSSR count). The molecule has 0 radical (unpaired) electrons. The maximum absolute atomic E-state index is 9.57. The van der Waals surface area contributed by atoms with Gasteiger partial charge in [-0.25, -0.2) is 0 Å². The van der Waals surface area contributed by atoms with Gasteiger partial charge in [-0.2, -0.15) is 0 Å². The van der Waals surface area contributed by atoms with E-state index in [0.29, 0.717) is 0 Å². The zero-order valence-electron chi connectivity index (χ0n) is 6.42. The van der Waals surface area contributed by atoms with Crippen LogP contribution in [0.5, 0.6) is 0 Å². The fraction of sp³-hybridized carbons (Fsp3) is 1.00. The molecule has 84 valence electrons. The van der Waals surface area contributed by atoms with Crippen LogP contribution < -0.4 is 11.5 Å². The van der Waals surface area contributed by atoms with E-state index in [0.717, 1.165) is 0 Å². The Bertz CT molecular complexity index is 177. The molecule has 0 aliphatic rings. The van der Waals surface area contributed by atoms with Gasteiger partial charge in [0, 0.05) is 17.1 Å². The van der Waals surface area contributed by atoms with Crippen molar-refractivity contribution in [3.63, 3.8) is 0 Å². The second-order valence-electron chi connectivity index (χ2n) is 1.69. The summed E-state index contributed by atoms with van der Waals surface area (Å²) in [6.45, 7) is 0. The Labute approximate surface area is 85.5 Å². The maximum Gasteiger partial charge on any atom is 0.338 e. The second kappa shape index (κ2) is 8.08. The summed E-state index contributed by atoms with van der Waals surface area (Å²) in [6.07, 6.45) is -1.12. The standard InChI is InChI=1S/2CH6NO3P.Fe/c2*2-1-6(3,4)5;/h2*1-2H2,(H2,3,4,5);. The zero-order chi connectivity index (χ0) is 10.4. The first-order valence-electron chi connectivity index (χ1n) is 2.61. The van der Waals surface area contributed by atoms with Crippen molar-refractivity contribution in [3.05, 3.63) is 0 Å². The van der Waals surface area contributed by atoms with Crippen LogP contribution in [-0.2, 0) is 26.2 Å². The number of hydrogen-bond acceptors (Lipinski definition) is 4. The van der Waals surface area contributed by atoms with Gasteiger partial charge in [-0.15, -0.1) is 0 Å². The molecule has 8 nitrogen and oxygen atoms in total. The third-order valence-corrected chi connectivity index (χ3v) is 1.43. The molecular formula is C2H12FeN2O6P2. The average Bonchev–Trinajstić information content (AvgIpc) is 1.86. The molecule has 0 spiro atoms. The Morgan fingerprint density at radius 2 is 0.923 bits per heavy atom. The molecule has 8 N–H and O–H groups in total. The summed E-state index contributed by atoms with van der Waals surface area (Å²) >= 11 is 0. The first-order chi connectivity index (χ1) is 5.12. The summed E-state index contributed by atoms with van der Waals surface area (Å²) < 4.78 is 19.1. The van der Waals surface area contributed by atoms with E-state index in [9.17, 15) is 9.13 Å². The quantitative estimate of drug-likeness (QED) is 0.253. The molecule has 0 bridgehead atoms. The Balaban J connectivity index is -0.000000143. The van der Waals surface area contributed by atoms with Gasteiger partial charge in [0.05, 0.1) is 12.6 Å². The van der Waals surface area contributed by atoms with Crippen LogP contribution in [0.15, 0.2) is 0 Å². The van der Waals surface area contributed by atoms with Crippen LogP contribution in [0.1, 0.15) is 0 Å². The molecule has 0 saturated heterocycles. The SMILES string of the molecule is NCP(=O)(O)O.NCP(=O)(O)O.[Fe]. The van der Waals surface area contributed by atoms with Gasteiger partial charge in [0.15, 0.2) is 0 Å². The zero-order valence-corrected chi connectivity index (χ0v) is 9.32. The normalized spacial score (nSPS) is 10.9. The van der Waals surface area contributed by atoms with Gasteiger partial charge in [0.2, 0.25) is 0 Å². The van der Waals surface area contributed by atoms with E-state index >= 15 is 0 Å². The molecule has 0 heterocycles. The first-order valence-corrected chi connectivity index (χ1v) is 6.21. The predicted octanol–water partition coefficient (Wildman–Crippen LogP) is -1.84. The van der Waals surface area contributed by atoms with Crippen LogP contribution >= 0.6 is 15.2 Å². The minimum Gasteiger partial charge on any atom is -0.324 e. The molecule has 0 aromatic carbocycles. The van der Waals surface area contributed by atoms with E-state index in [1.807, 2.05) is 0 Å². The van der Waals surface area contributed by atoms with E-state index in [2.05, 4.69) is 11.5 Å². The average molecular weight is 278 g/mol. The molecule has 0 saturated carbocycles. The fourth-order valence-corrected chi connectivity index (χ4v) is 0. The van der Waals surface area contributed by atoms with Gasteiger partial charge in [-0.3, -0.25) is 9.13 Å². The van der Waals surface area contributed by atoms with Crippen LogP contribution in [-0.4, -0.2) is 32.1 Å². The van der Waals surface area contributed by atoms with Crippen molar-refractivity contribution in [1.29, 1.82) is 0 Å². The van der Waals surface area contributed by atoms with Crippen molar-refractivity contribution in [1.82, 2.24) is 0 Å². The van der Waals surface area contributed by atoms with E-state index in [4.69, 9.17) is 19.6 Å².